The van der Waals surface area contributed by atoms with Crippen molar-refractivity contribution in [2.24, 2.45) is 0 Å². The highest BCUT2D eigenvalue weighted by atomic mass is 35.7. The molecule has 6 aromatic rings. The summed E-state index contributed by atoms with van der Waals surface area (Å²) in [4.78, 5) is 0. The molecule has 0 aromatic heterocycles. The molecule has 6 aromatic carbocycles. The SMILES string of the molecule is C#CCCC/C=C/c1ccc(Cl)cc1.CCOP(=O)(C#CCCC/C=C/c1ccc(Cl)cc1)c1ccccc1.CCOP(=O)(Cl)OCC.CCOP(C)(=O)C#CCCC/C=C/c1ccc(Cl)cc1.CCOP(C)(=O)c1c2c(cc3ccc(Cl)cc13)CCC2.S=S=S. The minimum atomic E-state index is -3.22. The smallest absolute Gasteiger partial charge is 0.326 e. The van der Waals surface area contributed by atoms with Gasteiger partial charge in [0.15, 0.2) is 0 Å². The van der Waals surface area contributed by atoms with Gasteiger partial charge in [-0.05, 0) is 203 Å². The molecule has 0 fully saturated rings. The monoisotopic (exact) mass is 1460 g/mol. The van der Waals surface area contributed by atoms with E-state index in [1.807, 2.05) is 130 Å². The number of allylic oxidation sites excluding steroid dienone is 3. The first-order chi connectivity index (χ1) is 43.6. The molecular formula is C70H83Cl5O9P4S3. The van der Waals surface area contributed by atoms with E-state index in [1.165, 1.54) is 16.7 Å². The minimum Gasteiger partial charge on any atom is -0.326 e. The number of aryl methyl sites for hydroxylation is 1. The summed E-state index contributed by atoms with van der Waals surface area (Å²) in [5, 5.41) is 6.58. The molecule has 0 amide bonds. The van der Waals surface area contributed by atoms with Crippen molar-refractivity contribution in [2.45, 2.75) is 112 Å². The third-order valence-electron chi connectivity index (χ3n) is 12.4. The van der Waals surface area contributed by atoms with Gasteiger partial charge in [0, 0.05) is 106 Å². The van der Waals surface area contributed by atoms with Crippen molar-refractivity contribution in [2.75, 3.05) is 46.4 Å². The van der Waals surface area contributed by atoms with Crippen LogP contribution in [0.3, 0.4) is 0 Å². The molecule has 0 spiro atoms. The maximum Gasteiger partial charge on any atom is 0.424 e. The second-order valence-electron chi connectivity index (χ2n) is 19.6. The molecule has 0 aliphatic heterocycles. The van der Waals surface area contributed by atoms with Gasteiger partial charge in [-0.3, -0.25) is 22.7 Å². The molecule has 9 nitrogen and oxygen atoms in total. The minimum absolute atomic E-state index is 0.306. The number of rotatable bonds is 24. The molecule has 0 bridgehead atoms. The van der Waals surface area contributed by atoms with E-state index in [9.17, 15) is 18.3 Å². The Balaban J connectivity index is 0.000000395. The van der Waals surface area contributed by atoms with Gasteiger partial charge in [0.25, 0.3) is 7.37 Å². The van der Waals surface area contributed by atoms with Crippen LogP contribution in [-0.2, 0) is 85.0 Å². The Labute approximate surface area is 580 Å². The molecule has 1 aliphatic carbocycles. The number of hydrogen-bond donors (Lipinski definition) is 0. The average molecular weight is 1470 g/mol. The fourth-order valence-corrected chi connectivity index (χ4v) is 14.8. The Morgan fingerprint density at radius 2 is 0.967 bits per heavy atom. The van der Waals surface area contributed by atoms with E-state index >= 15 is 0 Å². The van der Waals surface area contributed by atoms with Gasteiger partial charge in [-0.25, -0.2) is 4.57 Å². The van der Waals surface area contributed by atoms with Gasteiger partial charge in [-0.2, -0.15) is 0 Å². The van der Waals surface area contributed by atoms with Gasteiger partial charge in [0.1, 0.15) is 0 Å². The van der Waals surface area contributed by atoms with Crippen molar-refractivity contribution < 1.29 is 40.9 Å². The number of unbranched alkanes of at least 4 members (excludes halogenated alkanes) is 6. The van der Waals surface area contributed by atoms with Crippen LogP contribution in [0.15, 0.2) is 146 Å². The fraction of sp³-hybridized carbons (Fsp3) is 0.343. The molecule has 0 N–H and O–H groups in total. The quantitative estimate of drug-likeness (QED) is 0.0328. The molecule has 0 heterocycles. The molecule has 0 radical (unpaired) electrons. The molecule has 3 unspecified atom stereocenters. The van der Waals surface area contributed by atoms with Crippen LogP contribution in [0, 0.1) is 35.5 Å². The van der Waals surface area contributed by atoms with Crippen molar-refractivity contribution in [3.05, 3.63) is 194 Å². The third-order valence-corrected chi connectivity index (χ3v) is 20.5. The first-order valence-electron chi connectivity index (χ1n) is 29.8. The molecular weight excluding hydrogens is 1380 g/mol. The van der Waals surface area contributed by atoms with Crippen molar-refractivity contribution in [1.29, 1.82) is 0 Å². The van der Waals surface area contributed by atoms with E-state index in [0.29, 0.717) is 49.8 Å². The second-order valence-corrected chi connectivity index (χ2v) is 32.4. The maximum absolute atomic E-state index is 13.0. The Morgan fingerprint density at radius 3 is 1.41 bits per heavy atom. The molecule has 0 saturated heterocycles. The Bertz CT molecular complexity index is 3620. The normalized spacial score (nSPS) is 13.3. The molecule has 21 heteroatoms. The van der Waals surface area contributed by atoms with Crippen LogP contribution in [0.2, 0.25) is 20.1 Å². The summed E-state index contributed by atoms with van der Waals surface area (Å²) in [6.07, 6.45) is 29.0. The zero-order chi connectivity index (χ0) is 67.4. The van der Waals surface area contributed by atoms with Crippen molar-refractivity contribution in [3.63, 3.8) is 0 Å². The number of terminal acetylenes is 1. The summed E-state index contributed by atoms with van der Waals surface area (Å²) in [5.74, 6) is 8.58. The molecule has 91 heavy (non-hydrogen) atoms. The highest BCUT2D eigenvalue weighted by Crippen LogP contribution is 2.53. The molecule has 1 aliphatic rings. The highest BCUT2D eigenvalue weighted by molar-refractivity contribution is 8.37. The summed E-state index contributed by atoms with van der Waals surface area (Å²) in [6.45, 7) is 10.9. The summed E-state index contributed by atoms with van der Waals surface area (Å²) in [7, 11) is -7.66. The number of benzene rings is 6. The Kier molecular flexibility index (Phi) is 44.1. The summed E-state index contributed by atoms with van der Waals surface area (Å²) in [5.41, 5.74) is 11.6. The lowest BCUT2D eigenvalue weighted by Gasteiger charge is -2.19. The fourth-order valence-electron chi connectivity index (χ4n) is 8.46. The number of halogens is 5. The van der Waals surface area contributed by atoms with Gasteiger partial charge >= 0.3 is 14.3 Å². The van der Waals surface area contributed by atoms with Gasteiger partial charge in [-0.15, -0.1) is 12.3 Å². The highest BCUT2D eigenvalue weighted by Gasteiger charge is 2.29. The Hall–Kier alpha value is -3.69. The van der Waals surface area contributed by atoms with E-state index in [1.54, 1.807) is 39.3 Å². The Morgan fingerprint density at radius 1 is 0.538 bits per heavy atom. The van der Waals surface area contributed by atoms with Gasteiger partial charge in [0.2, 0.25) is 7.37 Å². The van der Waals surface area contributed by atoms with Crippen molar-refractivity contribution in [1.82, 2.24) is 0 Å². The van der Waals surface area contributed by atoms with Gasteiger partial charge in [0.05, 0.1) is 33.0 Å². The molecule has 7 rings (SSSR count). The van der Waals surface area contributed by atoms with Crippen LogP contribution in [0.25, 0.3) is 29.0 Å². The molecule has 0 saturated carbocycles. The zero-order valence-electron chi connectivity index (χ0n) is 52.8. The average Bonchev–Trinajstić information content (AvgIpc) is 1.76. The van der Waals surface area contributed by atoms with Crippen LogP contribution in [0.4, 0.5) is 0 Å². The molecule has 3 atom stereocenters. The van der Waals surface area contributed by atoms with Crippen LogP contribution in [0.1, 0.15) is 127 Å². The van der Waals surface area contributed by atoms with Crippen molar-refractivity contribution in [3.8, 4) is 35.5 Å². The third kappa shape index (κ3) is 36.1. The maximum atomic E-state index is 13.0. The van der Waals surface area contributed by atoms with E-state index in [0.717, 1.165) is 122 Å². The summed E-state index contributed by atoms with van der Waals surface area (Å²) >= 11 is 37.1. The lowest BCUT2D eigenvalue weighted by Crippen LogP contribution is -2.14. The largest absolute Gasteiger partial charge is 0.424 e. The van der Waals surface area contributed by atoms with Crippen LogP contribution in [-0.4, -0.2) is 46.4 Å². The summed E-state index contributed by atoms with van der Waals surface area (Å²) < 4.78 is 73.6. The topological polar surface area (TPSA) is 114 Å². The van der Waals surface area contributed by atoms with E-state index in [2.05, 4.69) is 103 Å². The lowest BCUT2D eigenvalue weighted by atomic mass is 10.0. The van der Waals surface area contributed by atoms with E-state index < -0.39 is 29.1 Å². The van der Waals surface area contributed by atoms with E-state index in [-0.39, 0.29) is 0 Å². The first-order valence-corrected chi connectivity index (χ1v) is 42.2. The van der Waals surface area contributed by atoms with Crippen LogP contribution in [0.5, 0.6) is 0 Å². The zero-order valence-corrected chi connectivity index (χ0v) is 62.6. The second kappa shape index (κ2) is 48.1. The molecule has 490 valence electrons. The first kappa shape index (κ1) is 83.4. The predicted molar refractivity (Wildman–Crippen MR) is 402 cm³/mol. The van der Waals surface area contributed by atoms with E-state index in [4.69, 9.17) is 77.6 Å². The number of hydrogen-bond acceptors (Lipinski definition) is 11. The summed E-state index contributed by atoms with van der Waals surface area (Å²) in [6, 6.07) is 40.4. The van der Waals surface area contributed by atoms with Gasteiger partial charge in [-0.1, -0.05) is 161 Å². The van der Waals surface area contributed by atoms with Crippen molar-refractivity contribution >= 4 is 158 Å². The lowest BCUT2D eigenvalue weighted by molar-refractivity contribution is 0.235. The predicted octanol–water partition coefficient (Wildman–Crippen LogP) is 22.7. The van der Waals surface area contributed by atoms with Crippen LogP contribution >= 0.6 is 86.7 Å². The van der Waals surface area contributed by atoms with Gasteiger partial charge < -0.3 is 13.6 Å². The van der Waals surface area contributed by atoms with Crippen LogP contribution < -0.4 is 10.6 Å². The number of fused-ring (bicyclic) bond motifs is 2. The standard InChI is InChI=1S/C21H22ClO2P.C16H18ClO2P.C16H20ClO2P.C13H13Cl.C4H10ClO3P.S3/c1-2-24-25(23,21-12-8-6-9-13-21)18-10-5-3-4-7-11-19-14-16-20(22)17-15-19;1-3-19-20(2,18)16-14-6-4-5-11(14)9-12-7-8-13(17)10-15(12)16;1-3-19-20(2,18)14-8-6-4-5-7-9-15-10-12-16(17)13-11-15;1-2-3-4-5-6-7-12-8-10-13(14)11-9-12;1-3-7-9(5,6)8-4-2;1-3-2/h6-9,11-17H,2-5H2,1H3;7-10H,3-6H2,1-2H3;7,9-13H,3-6H2,1-2H3;1,6-11H,3-5H2;3-4H2,1-2H3;/b11-7+;;9-7+;7-6+;;.